The zero-order valence-corrected chi connectivity index (χ0v) is 15.5. The summed E-state index contributed by atoms with van der Waals surface area (Å²) in [6.07, 6.45) is 1.49. The van der Waals surface area contributed by atoms with E-state index < -0.39 is 5.92 Å². The fourth-order valence-corrected chi connectivity index (χ4v) is 4.74. The van der Waals surface area contributed by atoms with Gasteiger partial charge in [-0.15, -0.1) is 11.3 Å². The lowest BCUT2D eigenvalue weighted by atomic mass is 10.0. The van der Waals surface area contributed by atoms with Crippen molar-refractivity contribution in [3.05, 3.63) is 50.6 Å². The fraction of sp³-hybridized carbons (Fsp3) is 0.333. The zero-order chi connectivity index (χ0) is 16.7. The number of amides is 2. The van der Waals surface area contributed by atoms with Crippen LogP contribution in [0.1, 0.15) is 16.9 Å². The van der Waals surface area contributed by atoms with E-state index in [4.69, 9.17) is 0 Å². The molecule has 1 atom stereocenters. The van der Waals surface area contributed by atoms with Gasteiger partial charge in [-0.05, 0) is 48.1 Å². The Balaban J connectivity index is 1.49. The van der Waals surface area contributed by atoms with Gasteiger partial charge in [0.05, 0.1) is 0 Å². The average molecular weight is 405 g/mol. The minimum Gasteiger partial charge on any atom is -0.337 e. The first kappa shape index (κ1) is 15.8. The van der Waals surface area contributed by atoms with Gasteiger partial charge in [-0.25, -0.2) is 0 Å². The summed E-state index contributed by atoms with van der Waals surface area (Å²) in [5, 5.41) is 2.08. The fourth-order valence-electron chi connectivity index (χ4n) is 3.47. The molecular formula is C18H17BrN2O2S. The van der Waals surface area contributed by atoms with Crippen LogP contribution in [0.5, 0.6) is 0 Å². The normalized spacial score (nSPS) is 20.4. The molecule has 0 aliphatic carbocycles. The van der Waals surface area contributed by atoms with E-state index in [-0.39, 0.29) is 11.8 Å². The van der Waals surface area contributed by atoms with Gasteiger partial charge < -0.3 is 9.80 Å². The number of fused-ring (bicyclic) bond motifs is 1. The molecule has 2 aromatic rings. The summed E-state index contributed by atoms with van der Waals surface area (Å²) >= 11 is 5.19. The lowest BCUT2D eigenvalue weighted by Gasteiger charge is -2.29. The number of nitrogens with zero attached hydrogens (tertiary/aromatic N) is 2. The molecule has 0 saturated carbocycles. The summed E-state index contributed by atoms with van der Waals surface area (Å²) in [7, 11) is 0. The molecule has 6 heteroatoms. The number of carbonyl (C=O) groups is 2. The predicted molar refractivity (Wildman–Crippen MR) is 98.0 cm³/mol. The van der Waals surface area contributed by atoms with Crippen molar-refractivity contribution < 1.29 is 9.59 Å². The van der Waals surface area contributed by atoms with Gasteiger partial charge in [0.2, 0.25) is 11.8 Å². The Bertz CT molecular complexity index is 804. The zero-order valence-electron chi connectivity index (χ0n) is 13.1. The third-order valence-electron chi connectivity index (χ3n) is 4.74. The van der Waals surface area contributed by atoms with Crippen molar-refractivity contribution in [1.82, 2.24) is 4.90 Å². The van der Waals surface area contributed by atoms with Gasteiger partial charge in [-0.1, -0.05) is 22.0 Å². The Morgan fingerprint density at radius 3 is 2.96 bits per heavy atom. The quantitative estimate of drug-likeness (QED) is 0.719. The van der Waals surface area contributed by atoms with Crippen molar-refractivity contribution >= 4 is 44.8 Å². The molecule has 0 spiro atoms. The molecule has 1 aromatic heterocycles. The molecule has 1 saturated heterocycles. The molecule has 1 unspecified atom stereocenters. The highest BCUT2D eigenvalue weighted by atomic mass is 79.9. The van der Waals surface area contributed by atoms with Crippen molar-refractivity contribution in [3.8, 4) is 0 Å². The molecule has 4 nitrogen and oxygen atoms in total. The smallest absolute Gasteiger partial charge is 0.239 e. The van der Waals surface area contributed by atoms with E-state index in [0.717, 1.165) is 16.6 Å². The Morgan fingerprint density at radius 1 is 1.25 bits per heavy atom. The third kappa shape index (κ3) is 2.78. The Hall–Kier alpha value is -1.66. The van der Waals surface area contributed by atoms with Crippen molar-refractivity contribution in [2.24, 2.45) is 5.92 Å². The minimum atomic E-state index is -0.538. The second kappa shape index (κ2) is 6.33. The standard InChI is InChI=1S/C18H17BrN2O2S/c19-13-2-1-3-14(10-13)21-8-4-15(18(21)23)17(22)20-7-5-16-12(11-20)6-9-24-16/h1-3,6,9-10,15H,4-5,7-8,11H2. The molecule has 124 valence electrons. The average Bonchev–Trinajstić information content (AvgIpc) is 3.19. The Morgan fingerprint density at radius 2 is 2.12 bits per heavy atom. The molecule has 4 rings (SSSR count). The predicted octanol–water partition coefficient (Wildman–Crippen LogP) is 3.45. The summed E-state index contributed by atoms with van der Waals surface area (Å²) in [4.78, 5) is 30.6. The number of hydrogen-bond donors (Lipinski definition) is 0. The van der Waals surface area contributed by atoms with Crippen LogP contribution in [0.15, 0.2) is 40.2 Å². The highest BCUT2D eigenvalue weighted by Gasteiger charge is 2.40. The number of hydrogen-bond acceptors (Lipinski definition) is 3. The highest BCUT2D eigenvalue weighted by Crippen LogP contribution is 2.30. The first-order valence-corrected chi connectivity index (χ1v) is 9.72. The van der Waals surface area contributed by atoms with Crippen LogP contribution in [-0.2, 0) is 22.6 Å². The number of rotatable bonds is 2. The van der Waals surface area contributed by atoms with E-state index in [1.807, 2.05) is 29.2 Å². The van der Waals surface area contributed by atoms with E-state index in [1.165, 1.54) is 10.4 Å². The van der Waals surface area contributed by atoms with E-state index >= 15 is 0 Å². The first-order chi connectivity index (χ1) is 11.6. The molecule has 0 radical (unpaired) electrons. The number of anilines is 1. The van der Waals surface area contributed by atoms with Crippen LogP contribution >= 0.6 is 27.3 Å². The van der Waals surface area contributed by atoms with Crippen LogP contribution < -0.4 is 4.90 Å². The molecule has 1 aromatic carbocycles. The first-order valence-electron chi connectivity index (χ1n) is 8.04. The molecule has 1 fully saturated rings. The summed E-state index contributed by atoms with van der Waals surface area (Å²) < 4.78 is 0.934. The Kier molecular flexibility index (Phi) is 4.18. The van der Waals surface area contributed by atoms with Crippen LogP contribution in [0.2, 0.25) is 0 Å². The topological polar surface area (TPSA) is 40.6 Å². The summed E-state index contributed by atoms with van der Waals surface area (Å²) in [5.74, 6) is -0.632. The maximum atomic E-state index is 12.9. The van der Waals surface area contributed by atoms with Crippen LogP contribution in [-0.4, -0.2) is 29.8 Å². The van der Waals surface area contributed by atoms with Crippen LogP contribution in [0.25, 0.3) is 0 Å². The van der Waals surface area contributed by atoms with E-state index in [9.17, 15) is 9.59 Å². The van der Waals surface area contributed by atoms with E-state index in [0.29, 0.717) is 26.1 Å². The summed E-state index contributed by atoms with van der Waals surface area (Å²) in [6, 6.07) is 9.75. The lowest BCUT2D eigenvalue weighted by molar-refractivity contribution is -0.140. The SMILES string of the molecule is O=C(C1CCN(c2cccc(Br)c2)C1=O)N1CCc2sccc2C1. The molecule has 3 heterocycles. The lowest BCUT2D eigenvalue weighted by Crippen LogP contribution is -2.42. The van der Waals surface area contributed by atoms with E-state index in [2.05, 4.69) is 27.4 Å². The van der Waals surface area contributed by atoms with Gasteiger partial charge in [0.1, 0.15) is 5.92 Å². The number of halogens is 1. The molecule has 24 heavy (non-hydrogen) atoms. The van der Waals surface area contributed by atoms with Crippen molar-refractivity contribution in [2.45, 2.75) is 19.4 Å². The van der Waals surface area contributed by atoms with Crippen LogP contribution in [0.3, 0.4) is 0 Å². The van der Waals surface area contributed by atoms with Gasteiger partial charge in [-0.3, -0.25) is 9.59 Å². The van der Waals surface area contributed by atoms with Gasteiger partial charge in [0.15, 0.2) is 0 Å². The van der Waals surface area contributed by atoms with Gasteiger partial charge in [-0.2, -0.15) is 0 Å². The summed E-state index contributed by atoms with van der Waals surface area (Å²) in [5.41, 5.74) is 2.08. The Labute approximate surface area is 153 Å². The number of benzene rings is 1. The largest absolute Gasteiger partial charge is 0.337 e. The molecular weight excluding hydrogens is 388 g/mol. The van der Waals surface area contributed by atoms with E-state index in [1.54, 1.807) is 16.2 Å². The molecule has 0 N–H and O–H groups in total. The van der Waals surface area contributed by atoms with Gasteiger partial charge >= 0.3 is 0 Å². The molecule has 2 amide bonds. The maximum Gasteiger partial charge on any atom is 0.239 e. The van der Waals surface area contributed by atoms with Crippen molar-refractivity contribution in [2.75, 3.05) is 18.0 Å². The molecule has 2 aliphatic rings. The van der Waals surface area contributed by atoms with Crippen LogP contribution in [0, 0.1) is 5.92 Å². The number of carbonyl (C=O) groups excluding carboxylic acids is 2. The number of thiophene rings is 1. The van der Waals surface area contributed by atoms with Crippen LogP contribution in [0.4, 0.5) is 5.69 Å². The monoisotopic (exact) mass is 404 g/mol. The maximum absolute atomic E-state index is 12.9. The third-order valence-corrected chi connectivity index (χ3v) is 6.26. The van der Waals surface area contributed by atoms with Crippen molar-refractivity contribution in [3.63, 3.8) is 0 Å². The van der Waals surface area contributed by atoms with Gasteiger partial charge in [0.25, 0.3) is 0 Å². The molecule has 2 aliphatic heterocycles. The minimum absolute atomic E-state index is 0.0191. The second-order valence-corrected chi connectivity index (χ2v) is 8.11. The van der Waals surface area contributed by atoms with Gasteiger partial charge in [0, 0.05) is 34.7 Å². The molecule has 0 bridgehead atoms. The summed E-state index contributed by atoms with van der Waals surface area (Å²) in [6.45, 7) is 1.95. The van der Waals surface area contributed by atoms with Crippen molar-refractivity contribution in [1.29, 1.82) is 0 Å². The second-order valence-electron chi connectivity index (χ2n) is 6.19. The highest BCUT2D eigenvalue weighted by molar-refractivity contribution is 9.10.